The van der Waals surface area contributed by atoms with Gasteiger partial charge in [-0.3, -0.25) is 9.48 Å². The second-order valence-corrected chi connectivity index (χ2v) is 8.37. The molecule has 0 spiro atoms. The van der Waals surface area contributed by atoms with Gasteiger partial charge in [0.25, 0.3) is 0 Å². The minimum atomic E-state index is -0.423. The van der Waals surface area contributed by atoms with Gasteiger partial charge in [-0.2, -0.15) is 5.10 Å². The number of amides is 1. The van der Waals surface area contributed by atoms with Crippen LogP contribution in [0.25, 0.3) is 0 Å². The van der Waals surface area contributed by atoms with E-state index in [1.165, 1.54) is 10.6 Å². The van der Waals surface area contributed by atoms with Gasteiger partial charge in [0.05, 0.1) is 28.2 Å². The van der Waals surface area contributed by atoms with Crippen molar-refractivity contribution in [2.24, 2.45) is 5.41 Å². The first-order valence-corrected chi connectivity index (χ1v) is 10.2. The van der Waals surface area contributed by atoms with Gasteiger partial charge < -0.3 is 5.32 Å². The van der Waals surface area contributed by atoms with E-state index in [4.69, 9.17) is 5.10 Å². The SMILES string of the molecule is CCCn1nc(CC)c(Sc2ccc(NC(=O)C(C)(C)C)cn2)c1CC. The molecule has 1 amide bonds. The number of nitrogens with zero attached hydrogens (tertiary/aromatic N) is 3. The quantitative estimate of drug-likeness (QED) is 0.745. The van der Waals surface area contributed by atoms with Crippen LogP contribution in [0.1, 0.15) is 59.4 Å². The van der Waals surface area contributed by atoms with Crippen molar-refractivity contribution in [1.82, 2.24) is 14.8 Å². The lowest BCUT2D eigenvalue weighted by molar-refractivity contribution is -0.123. The highest BCUT2D eigenvalue weighted by molar-refractivity contribution is 7.99. The van der Waals surface area contributed by atoms with Crippen molar-refractivity contribution < 1.29 is 4.79 Å². The van der Waals surface area contributed by atoms with E-state index in [0.29, 0.717) is 0 Å². The van der Waals surface area contributed by atoms with Crippen LogP contribution in [0.5, 0.6) is 0 Å². The zero-order valence-corrected chi connectivity index (χ0v) is 17.5. The third kappa shape index (κ3) is 4.87. The molecule has 1 N–H and O–H groups in total. The van der Waals surface area contributed by atoms with E-state index in [-0.39, 0.29) is 5.91 Å². The molecule has 2 rings (SSSR count). The standard InChI is InChI=1S/C20H30N4OS/c1-7-12-24-16(9-3)18(15(8-2)23-24)26-17-11-10-14(13-21-17)22-19(25)20(4,5)6/h10-11,13H,7-9,12H2,1-6H3,(H,22,25). The number of nitrogens with one attached hydrogen (secondary N) is 1. The van der Waals surface area contributed by atoms with Crippen molar-refractivity contribution in [3.63, 3.8) is 0 Å². The molecule has 0 radical (unpaired) electrons. The molecule has 2 heterocycles. The Morgan fingerprint density at radius 3 is 2.42 bits per heavy atom. The molecule has 0 aliphatic carbocycles. The molecule has 0 unspecified atom stereocenters. The van der Waals surface area contributed by atoms with Gasteiger partial charge in [0.2, 0.25) is 5.91 Å². The van der Waals surface area contributed by atoms with Gasteiger partial charge in [-0.05, 0) is 31.4 Å². The van der Waals surface area contributed by atoms with Gasteiger partial charge in [-0.15, -0.1) is 0 Å². The van der Waals surface area contributed by atoms with Gasteiger partial charge >= 0.3 is 0 Å². The predicted molar refractivity (Wildman–Crippen MR) is 108 cm³/mol. The maximum absolute atomic E-state index is 12.1. The lowest BCUT2D eigenvalue weighted by Gasteiger charge is -2.17. The minimum Gasteiger partial charge on any atom is -0.324 e. The van der Waals surface area contributed by atoms with E-state index >= 15 is 0 Å². The first-order chi connectivity index (χ1) is 12.3. The Balaban J connectivity index is 2.20. The Morgan fingerprint density at radius 2 is 1.92 bits per heavy atom. The fourth-order valence-electron chi connectivity index (χ4n) is 2.56. The molecule has 0 bridgehead atoms. The van der Waals surface area contributed by atoms with Crippen LogP contribution in [-0.2, 0) is 24.2 Å². The average molecular weight is 375 g/mol. The second kappa shape index (κ2) is 8.71. The lowest BCUT2D eigenvalue weighted by Crippen LogP contribution is -2.27. The van der Waals surface area contributed by atoms with E-state index in [9.17, 15) is 4.79 Å². The summed E-state index contributed by atoms with van der Waals surface area (Å²) in [6.07, 6.45) is 4.66. The molecular formula is C20H30N4OS. The number of anilines is 1. The van der Waals surface area contributed by atoms with Crippen LogP contribution < -0.4 is 5.32 Å². The highest BCUT2D eigenvalue weighted by Crippen LogP contribution is 2.33. The van der Waals surface area contributed by atoms with E-state index < -0.39 is 5.41 Å². The molecule has 0 atom stereocenters. The molecule has 0 saturated heterocycles. The van der Waals surface area contributed by atoms with E-state index in [1.54, 1.807) is 18.0 Å². The zero-order chi connectivity index (χ0) is 19.3. The summed E-state index contributed by atoms with van der Waals surface area (Å²) in [5.74, 6) is -0.0120. The summed E-state index contributed by atoms with van der Waals surface area (Å²) in [5, 5.41) is 8.61. The molecule has 6 heteroatoms. The molecular weight excluding hydrogens is 344 g/mol. The van der Waals surface area contributed by atoms with Crippen LogP contribution in [0.3, 0.4) is 0 Å². The number of aromatic nitrogens is 3. The predicted octanol–water partition coefficient (Wildman–Crippen LogP) is 4.95. The first kappa shape index (κ1) is 20.5. The Morgan fingerprint density at radius 1 is 1.19 bits per heavy atom. The van der Waals surface area contributed by atoms with E-state index in [0.717, 1.165) is 42.2 Å². The van der Waals surface area contributed by atoms with Crippen LogP contribution in [0.2, 0.25) is 0 Å². The number of carbonyl (C=O) groups excluding carboxylic acids is 1. The highest BCUT2D eigenvalue weighted by atomic mass is 32.2. The Labute approximate surface area is 161 Å². The number of carbonyl (C=O) groups is 1. The summed E-state index contributed by atoms with van der Waals surface area (Å²) >= 11 is 1.66. The molecule has 2 aromatic rings. The van der Waals surface area contributed by atoms with E-state index in [2.05, 4.69) is 35.8 Å². The van der Waals surface area contributed by atoms with Gasteiger partial charge in [0, 0.05) is 12.0 Å². The van der Waals surface area contributed by atoms with Gasteiger partial charge in [0.1, 0.15) is 5.03 Å². The smallest absolute Gasteiger partial charge is 0.229 e. The molecule has 0 saturated carbocycles. The van der Waals surface area contributed by atoms with Crippen molar-refractivity contribution >= 4 is 23.4 Å². The third-order valence-electron chi connectivity index (χ3n) is 4.06. The molecule has 0 aliphatic heterocycles. The average Bonchev–Trinajstić information content (AvgIpc) is 2.92. The van der Waals surface area contributed by atoms with Crippen LogP contribution in [0.15, 0.2) is 28.3 Å². The third-order valence-corrected chi connectivity index (χ3v) is 5.19. The van der Waals surface area contributed by atoms with Crippen LogP contribution in [-0.4, -0.2) is 20.7 Å². The Bertz CT molecular complexity index is 744. The summed E-state index contributed by atoms with van der Waals surface area (Å²) in [6.45, 7) is 13.1. The highest BCUT2D eigenvalue weighted by Gasteiger charge is 2.21. The molecule has 0 fully saturated rings. The Hall–Kier alpha value is -1.82. The second-order valence-electron chi connectivity index (χ2n) is 7.34. The van der Waals surface area contributed by atoms with Crippen molar-refractivity contribution in [2.75, 3.05) is 5.32 Å². The fraction of sp³-hybridized carbons (Fsp3) is 0.550. The molecule has 142 valence electrons. The summed E-state index contributed by atoms with van der Waals surface area (Å²) in [7, 11) is 0. The van der Waals surface area contributed by atoms with Crippen molar-refractivity contribution in [1.29, 1.82) is 0 Å². The maximum atomic E-state index is 12.1. The largest absolute Gasteiger partial charge is 0.324 e. The van der Waals surface area contributed by atoms with Crippen LogP contribution >= 0.6 is 11.8 Å². The van der Waals surface area contributed by atoms with Crippen LogP contribution in [0.4, 0.5) is 5.69 Å². The number of hydrogen-bond donors (Lipinski definition) is 1. The van der Waals surface area contributed by atoms with Crippen molar-refractivity contribution in [2.45, 2.75) is 77.3 Å². The molecule has 26 heavy (non-hydrogen) atoms. The monoisotopic (exact) mass is 374 g/mol. The zero-order valence-electron chi connectivity index (χ0n) is 16.7. The van der Waals surface area contributed by atoms with Crippen LogP contribution in [0, 0.1) is 5.41 Å². The summed E-state index contributed by atoms with van der Waals surface area (Å²) in [5.41, 5.74) is 2.71. The molecule has 0 aliphatic rings. The lowest BCUT2D eigenvalue weighted by atomic mass is 9.96. The van der Waals surface area contributed by atoms with Crippen molar-refractivity contribution in [3.8, 4) is 0 Å². The van der Waals surface area contributed by atoms with E-state index in [1.807, 2.05) is 32.9 Å². The van der Waals surface area contributed by atoms with Gasteiger partial charge in [0.15, 0.2) is 0 Å². The molecule has 5 nitrogen and oxygen atoms in total. The minimum absolute atomic E-state index is 0.0120. The topological polar surface area (TPSA) is 59.8 Å². The number of aryl methyl sites for hydroxylation is 2. The number of pyridine rings is 1. The maximum Gasteiger partial charge on any atom is 0.229 e. The van der Waals surface area contributed by atoms with Crippen molar-refractivity contribution in [3.05, 3.63) is 29.7 Å². The number of hydrogen-bond acceptors (Lipinski definition) is 4. The van der Waals surface area contributed by atoms with Gasteiger partial charge in [-0.1, -0.05) is 53.3 Å². The summed E-state index contributed by atoms with van der Waals surface area (Å²) in [6, 6.07) is 3.87. The Kier molecular flexibility index (Phi) is 6.87. The molecule has 0 aromatic carbocycles. The first-order valence-electron chi connectivity index (χ1n) is 9.34. The molecule has 2 aromatic heterocycles. The van der Waals surface area contributed by atoms with Gasteiger partial charge in [-0.25, -0.2) is 4.98 Å². The fourth-order valence-corrected chi connectivity index (χ4v) is 3.68. The summed E-state index contributed by atoms with van der Waals surface area (Å²) in [4.78, 5) is 17.8. The number of rotatable bonds is 7. The normalized spacial score (nSPS) is 11.6. The summed E-state index contributed by atoms with van der Waals surface area (Å²) < 4.78 is 2.14.